The number of hydrogen-bond acceptors (Lipinski definition) is 4. The molecule has 0 saturated carbocycles. The Morgan fingerprint density at radius 3 is 2.62 bits per heavy atom. The van der Waals surface area contributed by atoms with Crippen LogP contribution in [0.25, 0.3) is 0 Å². The number of likely N-dealkylation sites (N-methyl/N-ethyl adjacent to an activating group) is 1. The van der Waals surface area contributed by atoms with E-state index < -0.39 is 15.6 Å². The van der Waals surface area contributed by atoms with Crippen molar-refractivity contribution in [1.29, 1.82) is 0 Å². The van der Waals surface area contributed by atoms with Gasteiger partial charge in [0.25, 0.3) is 0 Å². The molecule has 2 N–H and O–H groups in total. The van der Waals surface area contributed by atoms with Crippen molar-refractivity contribution in [3.05, 3.63) is 0 Å². The van der Waals surface area contributed by atoms with Gasteiger partial charge in [-0.15, -0.1) is 0 Å². The van der Waals surface area contributed by atoms with E-state index in [1.165, 1.54) is 11.4 Å². The molecule has 1 aliphatic rings. The van der Waals surface area contributed by atoms with Gasteiger partial charge in [-0.05, 0) is 13.0 Å². The molecule has 1 fully saturated rings. The highest BCUT2D eigenvalue weighted by atomic mass is 32.2. The van der Waals surface area contributed by atoms with Crippen LogP contribution in [0.3, 0.4) is 0 Å². The summed E-state index contributed by atoms with van der Waals surface area (Å²) in [5, 5.41) is 12.9. The maximum atomic E-state index is 11.1. The third-order valence-corrected chi connectivity index (χ3v) is 3.57. The van der Waals surface area contributed by atoms with Crippen LogP contribution >= 0.6 is 0 Å². The molecule has 0 aromatic heterocycles. The summed E-state index contributed by atoms with van der Waals surface area (Å²) in [4.78, 5) is 0. The highest BCUT2D eigenvalue weighted by molar-refractivity contribution is 7.88. The smallest absolute Gasteiger partial charge is 0.211 e. The number of aliphatic hydroxyl groups is 1. The molecule has 1 atom stereocenters. The summed E-state index contributed by atoms with van der Waals surface area (Å²) in [7, 11) is -1.71. The molecule has 0 aromatic rings. The minimum atomic E-state index is -3.18. The van der Waals surface area contributed by atoms with Crippen LogP contribution in [0.2, 0.25) is 0 Å². The Bertz CT molecular complexity index is 269. The standard InChI is InChI=1S/C7H16N2O3S/c1-9(13(2,11)12)6-7(10)3-4-8-5-7/h8,10H,3-6H2,1-2H3. The Hall–Kier alpha value is -0.170. The van der Waals surface area contributed by atoms with Crippen molar-refractivity contribution in [1.82, 2.24) is 9.62 Å². The summed E-state index contributed by atoms with van der Waals surface area (Å²) in [5.41, 5.74) is -0.891. The van der Waals surface area contributed by atoms with E-state index in [0.717, 1.165) is 12.8 Å². The van der Waals surface area contributed by atoms with Crippen molar-refractivity contribution < 1.29 is 13.5 Å². The van der Waals surface area contributed by atoms with Crippen LogP contribution < -0.4 is 5.32 Å². The van der Waals surface area contributed by atoms with E-state index >= 15 is 0 Å². The molecule has 0 aromatic carbocycles. The molecule has 5 nitrogen and oxygen atoms in total. The van der Waals surface area contributed by atoms with E-state index in [9.17, 15) is 13.5 Å². The first-order chi connectivity index (χ1) is 5.83. The van der Waals surface area contributed by atoms with Crippen LogP contribution in [-0.4, -0.2) is 56.4 Å². The fraction of sp³-hybridized carbons (Fsp3) is 1.00. The molecule has 0 aliphatic carbocycles. The number of rotatable bonds is 3. The second kappa shape index (κ2) is 3.53. The maximum Gasteiger partial charge on any atom is 0.211 e. The second-order valence-corrected chi connectivity index (χ2v) is 5.76. The molecule has 1 unspecified atom stereocenters. The molecule has 0 bridgehead atoms. The molecule has 0 amide bonds. The molecule has 1 heterocycles. The molecule has 0 radical (unpaired) electrons. The molecule has 1 saturated heterocycles. The lowest BCUT2D eigenvalue weighted by Gasteiger charge is -2.26. The summed E-state index contributed by atoms with van der Waals surface area (Å²) in [6, 6.07) is 0. The molecular formula is C7H16N2O3S. The fourth-order valence-electron chi connectivity index (χ4n) is 1.40. The molecule has 0 spiro atoms. The third kappa shape index (κ3) is 2.91. The second-order valence-electron chi connectivity index (χ2n) is 3.67. The van der Waals surface area contributed by atoms with Crippen LogP contribution in [-0.2, 0) is 10.0 Å². The predicted molar refractivity (Wildman–Crippen MR) is 49.9 cm³/mol. The topological polar surface area (TPSA) is 69.6 Å². The number of hydrogen-bond donors (Lipinski definition) is 2. The monoisotopic (exact) mass is 208 g/mol. The zero-order valence-electron chi connectivity index (χ0n) is 7.95. The highest BCUT2D eigenvalue weighted by Gasteiger charge is 2.34. The Morgan fingerprint density at radius 1 is 1.62 bits per heavy atom. The minimum absolute atomic E-state index is 0.166. The highest BCUT2D eigenvalue weighted by Crippen LogP contribution is 2.16. The van der Waals surface area contributed by atoms with Gasteiger partial charge in [-0.3, -0.25) is 0 Å². The normalized spacial score (nSPS) is 29.8. The van der Waals surface area contributed by atoms with Crippen molar-refractivity contribution >= 4 is 10.0 Å². The number of nitrogens with one attached hydrogen (secondary N) is 1. The summed E-state index contributed by atoms with van der Waals surface area (Å²) < 4.78 is 23.3. The molecule has 13 heavy (non-hydrogen) atoms. The SMILES string of the molecule is CN(CC1(O)CCNC1)S(C)(=O)=O. The van der Waals surface area contributed by atoms with Crippen molar-refractivity contribution in [3.8, 4) is 0 Å². The summed E-state index contributed by atoms with van der Waals surface area (Å²) >= 11 is 0. The van der Waals surface area contributed by atoms with Crippen molar-refractivity contribution in [2.75, 3.05) is 32.9 Å². The average molecular weight is 208 g/mol. The minimum Gasteiger partial charge on any atom is -0.387 e. The van der Waals surface area contributed by atoms with E-state index in [4.69, 9.17) is 0 Å². The average Bonchev–Trinajstić information content (AvgIpc) is 2.33. The summed E-state index contributed by atoms with van der Waals surface area (Å²) in [6.45, 7) is 1.37. The molecule has 1 aliphatic heterocycles. The molecule has 1 rings (SSSR count). The van der Waals surface area contributed by atoms with E-state index in [0.29, 0.717) is 13.0 Å². The van der Waals surface area contributed by atoms with Gasteiger partial charge in [-0.25, -0.2) is 12.7 Å². The molecular weight excluding hydrogens is 192 g/mol. The van der Waals surface area contributed by atoms with E-state index in [1.807, 2.05) is 0 Å². The first kappa shape index (κ1) is 10.9. The zero-order valence-corrected chi connectivity index (χ0v) is 8.76. The van der Waals surface area contributed by atoms with Gasteiger partial charge in [0.2, 0.25) is 10.0 Å². The Labute approximate surface area is 78.8 Å². The van der Waals surface area contributed by atoms with Crippen molar-refractivity contribution in [3.63, 3.8) is 0 Å². The Balaban J connectivity index is 2.58. The lowest BCUT2D eigenvalue weighted by molar-refractivity contribution is 0.0464. The predicted octanol–water partition coefficient (Wildman–Crippen LogP) is -1.40. The lowest BCUT2D eigenvalue weighted by Crippen LogP contribution is -2.44. The first-order valence-corrected chi connectivity index (χ1v) is 6.03. The van der Waals surface area contributed by atoms with E-state index in [-0.39, 0.29) is 6.54 Å². The van der Waals surface area contributed by atoms with Crippen LogP contribution in [0.15, 0.2) is 0 Å². The lowest BCUT2D eigenvalue weighted by atomic mass is 10.0. The maximum absolute atomic E-state index is 11.1. The fourth-order valence-corrected chi connectivity index (χ4v) is 1.87. The summed E-state index contributed by atoms with van der Waals surface area (Å²) in [6.07, 6.45) is 1.74. The van der Waals surface area contributed by atoms with Crippen LogP contribution in [0.5, 0.6) is 0 Å². The Kier molecular flexibility index (Phi) is 2.96. The molecule has 6 heteroatoms. The Morgan fingerprint density at radius 2 is 2.23 bits per heavy atom. The third-order valence-electron chi connectivity index (χ3n) is 2.30. The van der Waals surface area contributed by atoms with Gasteiger partial charge in [0.1, 0.15) is 0 Å². The zero-order chi connectivity index (χ0) is 10.1. The number of β-amino-alcohol motifs (C(OH)–C–C–N with tert-alkyl or cyclic N) is 1. The van der Waals surface area contributed by atoms with Crippen LogP contribution in [0.4, 0.5) is 0 Å². The first-order valence-electron chi connectivity index (χ1n) is 4.18. The number of sulfonamides is 1. The van der Waals surface area contributed by atoms with Gasteiger partial charge in [0.05, 0.1) is 11.9 Å². The van der Waals surface area contributed by atoms with Gasteiger partial charge in [0, 0.05) is 20.1 Å². The summed E-state index contributed by atoms with van der Waals surface area (Å²) in [5.74, 6) is 0. The molecule has 78 valence electrons. The quantitative estimate of drug-likeness (QED) is 0.598. The van der Waals surface area contributed by atoms with Crippen LogP contribution in [0, 0.1) is 0 Å². The van der Waals surface area contributed by atoms with Crippen molar-refractivity contribution in [2.45, 2.75) is 12.0 Å². The van der Waals surface area contributed by atoms with E-state index in [2.05, 4.69) is 5.32 Å². The van der Waals surface area contributed by atoms with Gasteiger partial charge >= 0.3 is 0 Å². The van der Waals surface area contributed by atoms with E-state index in [1.54, 1.807) is 0 Å². The van der Waals surface area contributed by atoms with Crippen molar-refractivity contribution in [2.24, 2.45) is 0 Å². The van der Waals surface area contributed by atoms with Crippen LogP contribution in [0.1, 0.15) is 6.42 Å². The number of nitrogens with zero attached hydrogens (tertiary/aromatic N) is 1. The van der Waals surface area contributed by atoms with Gasteiger partial charge in [-0.1, -0.05) is 0 Å². The van der Waals surface area contributed by atoms with Gasteiger partial charge < -0.3 is 10.4 Å². The van der Waals surface area contributed by atoms with Gasteiger partial charge in [0.15, 0.2) is 0 Å². The largest absolute Gasteiger partial charge is 0.387 e. The van der Waals surface area contributed by atoms with Gasteiger partial charge in [-0.2, -0.15) is 0 Å².